The minimum absolute atomic E-state index is 0.262. The fourth-order valence-electron chi connectivity index (χ4n) is 3.75. The molecule has 2 rings (SSSR count). The molecule has 0 aromatic carbocycles. The third kappa shape index (κ3) is 2.51. The van der Waals surface area contributed by atoms with Crippen molar-refractivity contribution in [1.29, 1.82) is 0 Å². The van der Waals surface area contributed by atoms with E-state index in [0.717, 1.165) is 12.6 Å². The minimum atomic E-state index is 0.262. The molecule has 0 aromatic heterocycles. The first-order valence-corrected chi connectivity index (χ1v) is 7.45. The van der Waals surface area contributed by atoms with E-state index in [1.807, 2.05) is 0 Å². The lowest BCUT2D eigenvalue weighted by Crippen LogP contribution is -2.55. The van der Waals surface area contributed by atoms with Gasteiger partial charge in [-0.25, -0.2) is 0 Å². The van der Waals surface area contributed by atoms with Crippen molar-refractivity contribution in [2.75, 3.05) is 32.7 Å². The summed E-state index contributed by atoms with van der Waals surface area (Å²) in [4.78, 5) is 5.41. The highest BCUT2D eigenvalue weighted by Gasteiger charge is 2.37. The van der Waals surface area contributed by atoms with Crippen molar-refractivity contribution in [3.8, 4) is 0 Å². The summed E-state index contributed by atoms with van der Waals surface area (Å²) in [5.41, 5.74) is 6.36. The number of nitrogens with zero attached hydrogens (tertiary/aromatic N) is 2. The molecular weight excluding hydrogens is 210 g/mol. The van der Waals surface area contributed by atoms with Crippen LogP contribution in [0.2, 0.25) is 0 Å². The molecule has 2 aliphatic rings. The fraction of sp³-hybridized carbons (Fsp3) is 1.00. The first-order chi connectivity index (χ1) is 8.25. The van der Waals surface area contributed by atoms with Crippen molar-refractivity contribution >= 4 is 0 Å². The molecule has 2 N–H and O–H groups in total. The molecule has 2 fully saturated rings. The molecule has 100 valence electrons. The molecular formula is C14H29N3. The Labute approximate surface area is 106 Å². The van der Waals surface area contributed by atoms with E-state index in [1.165, 1.54) is 58.3 Å². The molecule has 0 amide bonds. The van der Waals surface area contributed by atoms with Crippen LogP contribution in [0.1, 0.15) is 46.0 Å². The van der Waals surface area contributed by atoms with Crippen molar-refractivity contribution in [2.45, 2.75) is 57.5 Å². The van der Waals surface area contributed by atoms with Crippen molar-refractivity contribution < 1.29 is 0 Å². The van der Waals surface area contributed by atoms with Gasteiger partial charge in [0.15, 0.2) is 0 Å². The Balaban J connectivity index is 2.08. The second-order valence-electron chi connectivity index (χ2n) is 5.77. The van der Waals surface area contributed by atoms with E-state index in [0.29, 0.717) is 0 Å². The molecule has 2 aliphatic heterocycles. The van der Waals surface area contributed by atoms with Gasteiger partial charge in [-0.3, -0.25) is 9.80 Å². The van der Waals surface area contributed by atoms with E-state index in [1.54, 1.807) is 0 Å². The van der Waals surface area contributed by atoms with Crippen LogP contribution in [0.5, 0.6) is 0 Å². The zero-order valence-electron chi connectivity index (χ0n) is 11.6. The van der Waals surface area contributed by atoms with Gasteiger partial charge in [0.25, 0.3) is 0 Å². The van der Waals surface area contributed by atoms with Gasteiger partial charge < -0.3 is 5.73 Å². The van der Waals surface area contributed by atoms with Crippen LogP contribution in [0.3, 0.4) is 0 Å². The van der Waals surface area contributed by atoms with Gasteiger partial charge in [-0.05, 0) is 45.2 Å². The topological polar surface area (TPSA) is 32.5 Å². The molecule has 0 bridgehead atoms. The van der Waals surface area contributed by atoms with Crippen LogP contribution in [0.4, 0.5) is 0 Å². The van der Waals surface area contributed by atoms with Gasteiger partial charge in [0.05, 0.1) is 0 Å². The molecule has 0 spiro atoms. The van der Waals surface area contributed by atoms with Crippen molar-refractivity contribution in [2.24, 2.45) is 5.73 Å². The lowest BCUT2D eigenvalue weighted by atomic mass is 9.90. The number of fused-ring (bicyclic) bond motifs is 1. The second-order valence-corrected chi connectivity index (χ2v) is 5.77. The maximum absolute atomic E-state index is 6.09. The lowest BCUT2D eigenvalue weighted by Gasteiger charge is -2.43. The summed E-state index contributed by atoms with van der Waals surface area (Å²) in [5.74, 6) is 0. The Hall–Kier alpha value is -0.120. The second kappa shape index (κ2) is 5.68. The molecule has 1 unspecified atom stereocenters. The third-order valence-electron chi connectivity index (χ3n) is 5.17. The molecule has 17 heavy (non-hydrogen) atoms. The number of nitrogens with two attached hydrogens (primary N) is 1. The molecule has 2 heterocycles. The average molecular weight is 239 g/mol. The normalized spacial score (nSPS) is 28.1. The maximum Gasteiger partial charge on any atom is 0.0327 e. The number of hydrogen-bond donors (Lipinski definition) is 1. The van der Waals surface area contributed by atoms with Crippen LogP contribution in [-0.2, 0) is 0 Å². The molecule has 0 radical (unpaired) electrons. The Bertz CT molecular complexity index is 229. The molecule has 0 saturated carbocycles. The fourth-order valence-corrected chi connectivity index (χ4v) is 3.75. The molecule has 3 nitrogen and oxygen atoms in total. The molecule has 2 saturated heterocycles. The Morgan fingerprint density at radius 1 is 1.12 bits per heavy atom. The van der Waals surface area contributed by atoms with Crippen LogP contribution < -0.4 is 5.73 Å². The van der Waals surface area contributed by atoms with Gasteiger partial charge in [-0.1, -0.05) is 13.8 Å². The first kappa shape index (κ1) is 13.3. The lowest BCUT2D eigenvalue weighted by molar-refractivity contribution is 0.0766. The van der Waals surface area contributed by atoms with Crippen LogP contribution in [-0.4, -0.2) is 54.1 Å². The van der Waals surface area contributed by atoms with Gasteiger partial charge in [0, 0.05) is 31.2 Å². The minimum Gasteiger partial charge on any atom is -0.329 e. The summed E-state index contributed by atoms with van der Waals surface area (Å²) < 4.78 is 0. The average Bonchev–Trinajstić information content (AvgIpc) is 2.70. The summed E-state index contributed by atoms with van der Waals surface area (Å²) in [6.07, 6.45) is 6.48. The highest BCUT2D eigenvalue weighted by atomic mass is 15.3. The maximum atomic E-state index is 6.09. The highest BCUT2D eigenvalue weighted by molar-refractivity contribution is 4.95. The van der Waals surface area contributed by atoms with Crippen LogP contribution in [0, 0.1) is 0 Å². The standard InChI is InChI=1S/C14H29N3/c1-3-14(4-2,12-15)17-10-6-9-16-8-5-7-13(16)11-17/h13H,3-12,15H2,1-2H3. The number of hydrogen-bond acceptors (Lipinski definition) is 3. The van der Waals surface area contributed by atoms with Gasteiger partial charge in [-0.2, -0.15) is 0 Å². The van der Waals surface area contributed by atoms with Gasteiger partial charge in [0.2, 0.25) is 0 Å². The Morgan fingerprint density at radius 2 is 1.82 bits per heavy atom. The van der Waals surface area contributed by atoms with Crippen molar-refractivity contribution in [3.05, 3.63) is 0 Å². The molecule has 1 atom stereocenters. The first-order valence-electron chi connectivity index (χ1n) is 7.45. The summed E-state index contributed by atoms with van der Waals surface area (Å²) in [6, 6.07) is 0.807. The van der Waals surface area contributed by atoms with E-state index < -0.39 is 0 Å². The van der Waals surface area contributed by atoms with Crippen molar-refractivity contribution in [3.63, 3.8) is 0 Å². The quantitative estimate of drug-likeness (QED) is 0.810. The predicted molar refractivity (Wildman–Crippen MR) is 73.2 cm³/mol. The Morgan fingerprint density at radius 3 is 2.47 bits per heavy atom. The smallest absolute Gasteiger partial charge is 0.0327 e. The van der Waals surface area contributed by atoms with Crippen LogP contribution in [0.15, 0.2) is 0 Å². The zero-order chi connectivity index (χ0) is 12.3. The van der Waals surface area contributed by atoms with Gasteiger partial charge in [0.1, 0.15) is 0 Å². The van der Waals surface area contributed by atoms with E-state index in [9.17, 15) is 0 Å². The van der Waals surface area contributed by atoms with Gasteiger partial charge >= 0.3 is 0 Å². The van der Waals surface area contributed by atoms with E-state index in [-0.39, 0.29) is 5.54 Å². The molecule has 0 aromatic rings. The van der Waals surface area contributed by atoms with Gasteiger partial charge in [-0.15, -0.1) is 0 Å². The molecule has 0 aliphatic carbocycles. The highest BCUT2D eigenvalue weighted by Crippen LogP contribution is 2.29. The summed E-state index contributed by atoms with van der Waals surface area (Å²) >= 11 is 0. The van der Waals surface area contributed by atoms with E-state index in [2.05, 4.69) is 23.6 Å². The third-order valence-corrected chi connectivity index (χ3v) is 5.17. The summed E-state index contributed by atoms with van der Waals surface area (Å²) in [7, 11) is 0. The van der Waals surface area contributed by atoms with E-state index in [4.69, 9.17) is 5.73 Å². The van der Waals surface area contributed by atoms with Crippen LogP contribution in [0.25, 0.3) is 0 Å². The van der Waals surface area contributed by atoms with Crippen LogP contribution >= 0.6 is 0 Å². The predicted octanol–water partition coefficient (Wildman–Crippen LogP) is 1.67. The monoisotopic (exact) mass is 239 g/mol. The summed E-state index contributed by atoms with van der Waals surface area (Å²) in [6.45, 7) is 10.5. The largest absolute Gasteiger partial charge is 0.329 e. The summed E-state index contributed by atoms with van der Waals surface area (Å²) in [5, 5.41) is 0. The number of rotatable bonds is 4. The molecule has 3 heteroatoms. The van der Waals surface area contributed by atoms with Crippen molar-refractivity contribution in [1.82, 2.24) is 9.80 Å². The Kier molecular flexibility index (Phi) is 4.45. The zero-order valence-corrected chi connectivity index (χ0v) is 11.6. The van der Waals surface area contributed by atoms with E-state index >= 15 is 0 Å². The SMILES string of the molecule is CCC(CC)(CN)N1CCCN2CCCC2C1.